The Morgan fingerprint density at radius 2 is 2.00 bits per heavy atom. The van der Waals surface area contributed by atoms with Gasteiger partial charge >= 0.3 is 0 Å². The Hall–Kier alpha value is -2.97. The molecule has 2 fully saturated rings. The second-order valence-corrected chi connectivity index (χ2v) is 9.40. The van der Waals surface area contributed by atoms with Gasteiger partial charge < -0.3 is 19.9 Å². The summed E-state index contributed by atoms with van der Waals surface area (Å²) in [6.07, 6.45) is 0.225. The second kappa shape index (κ2) is 8.52. The van der Waals surface area contributed by atoms with Gasteiger partial charge in [-0.25, -0.2) is 4.98 Å². The molecule has 2 saturated heterocycles. The van der Waals surface area contributed by atoms with Crippen LogP contribution in [-0.2, 0) is 14.3 Å². The molecule has 166 valence electrons. The Balaban J connectivity index is 1.29. The minimum atomic E-state index is -0.372. The van der Waals surface area contributed by atoms with Crippen LogP contribution in [0.2, 0.25) is 0 Å². The third-order valence-electron chi connectivity index (χ3n) is 6.29. The fraction of sp³-hybridized carbons (Fsp3) is 0.375. The summed E-state index contributed by atoms with van der Waals surface area (Å²) < 4.78 is 6.45. The van der Waals surface area contributed by atoms with Gasteiger partial charge in [-0.1, -0.05) is 23.5 Å². The number of benzene rings is 2. The van der Waals surface area contributed by atoms with Crippen LogP contribution in [-0.4, -0.2) is 49.6 Å². The highest BCUT2D eigenvalue weighted by Crippen LogP contribution is 2.33. The number of amides is 2. The highest BCUT2D eigenvalue weighted by molar-refractivity contribution is 7.22. The molecule has 7 nitrogen and oxygen atoms in total. The largest absolute Gasteiger partial charge is 0.378 e. The lowest BCUT2D eigenvalue weighted by molar-refractivity contribution is -0.122. The number of fused-ring (bicyclic) bond motifs is 1. The summed E-state index contributed by atoms with van der Waals surface area (Å²) in [6, 6.07) is 11.7. The van der Waals surface area contributed by atoms with E-state index in [1.807, 2.05) is 50.2 Å². The summed E-state index contributed by atoms with van der Waals surface area (Å²) in [5.74, 6) is -0.501. The number of carbonyl (C=O) groups excluding carboxylic acids is 2. The summed E-state index contributed by atoms with van der Waals surface area (Å²) in [4.78, 5) is 34.3. The molecule has 1 N–H and O–H groups in total. The van der Waals surface area contributed by atoms with Gasteiger partial charge in [-0.05, 0) is 49.2 Å². The van der Waals surface area contributed by atoms with E-state index in [0.29, 0.717) is 6.54 Å². The van der Waals surface area contributed by atoms with Crippen molar-refractivity contribution in [3.63, 3.8) is 0 Å². The zero-order chi connectivity index (χ0) is 22.2. The number of rotatable bonds is 4. The van der Waals surface area contributed by atoms with Gasteiger partial charge in [0, 0.05) is 37.4 Å². The van der Waals surface area contributed by atoms with Crippen LogP contribution in [0.15, 0.2) is 36.4 Å². The fourth-order valence-electron chi connectivity index (χ4n) is 4.27. The molecule has 1 atom stereocenters. The summed E-state index contributed by atoms with van der Waals surface area (Å²) in [5.41, 5.74) is 4.77. The van der Waals surface area contributed by atoms with Crippen molar-refractivity contribution in [1.29, 1.82) is 0 Å². The van der Waals surface area contributed by atoms with Crippen LogP contribution in [0.25, 0.3) is 10.2 Å². The SMILES string of the molecule is Cc1cccc(N2C[C@H](C(=O)Nc3ccc4nc(N5CCOCC5)sc4c3)CC2=O)c1C. The van der Waals surface area contributed by atoms with E-state index in [4.69, 9.17) is 9.72 Å². The highest BCUT2D eigenvalue weighted by Gasteiger charge is 2.35. The van der Waals surface area contributed by atoms with Crippen LogP contribution in [0, 0.1) is 19.8 Å². The number of aryl methyl sites for hydroxylation is 1. The van der Waals surface area contributed by atoms with Crippen molar-refractivity contribution in [3.8, 4) is 0 Å². The highest BCUT2D eigenvalue weighted by atomic mass is 32.1. The van der Waals surface area contributed by atoms with Crippen LogP contribution >= 0.6 is 11.3 Å². The molecule has 0 radical (unpaired) electrons. The maximum absolute atomic E-state index is 13.0. The van der Waals surface area contributed by atoms with Crippen LogP contribution in [0.3, 0.4) is 0 Å². The molecule has 8 heteroatoms. The van der Waals surface area contributed by atoms with E-state index in [-0.39, 0.29) is 24.2 Å². The fourth-order valence-corrected chi connectivity index (χ4v) is 5.32. The Morgan fingerprint density at radius 1 is 1.19 bits per heavy atom. The van der Waals surface area contributed by atoms with Crippen molar-refractivity contribution in [1.82, 2.24) is 4.98 Å². The Labute approximate surface area is 191 Å². The number of hydrogen-bond donors (Lipinski definition) is 1. The zero-order valence-corrected chi connectivity index (χ0v) is 19.1. The van der Waals surface area contributed by atoms with Gasteiger partial charge in [0.05, 0.1) is 29.3 Å². The molecule has 2 aromatic carbocycles. The molecule has 2 aliphatic heterocycles. The lowest BCUT2D eigenvalue weighted by Gasteiger charge is -2.25. The van der Waals surface area contributed by atoms with Gasteiger partial charge in [-0.2, -0.15) is 0 Å². The monoisotopic (exact) mass is 450 g/mol. The first-order valence-corrected chi connectivity index (χ1v) is 11.7. The van der Waals surface area contributed by atoms with Crippen LogP contribution in [0.4, 0.5) is 16.5 Å². The number of hydrogen-bond acceptors (Lipinski definition) is 6. The number of thiazole rings is 1. The molecule has 2 amide bonds. The molecule has 0 aliphatic carbocycles. The molecule has 32 heavy (non-hydrogen) atoms. The van der Waals surface area contributed by atoms with Crippen molar-refractivity contribution in [2.75, 3.05) is 48.0 Å². The summed E-state index contributed by atoms with van der Waals surface area (Å²) >= 11 is 1.62. The van der Waals surface area contributed by atoms with Crippen molar-refractivity contribution in [2.45, 2.75) is 20.3 Å². The molecule has 1 aromatic heterocycles. The molecular formula is C24H26N4O3S. The van der Waals surface area contributed by atoms with E-state index in [1.54, 1.807) is 16.2 Å². The Bertz CT molecular complexity index is 1190. The average Bonchev–Trinajstić information content (AvgIpc) is 3.40. The smallest absolute Gasteiger partial charge is 0.229 e. The van der Waals surface area contributed by atoms with E-state index >= 15 is 0 Å². The van der Waals surface area contributed by atoms with E-state index in [2.05, 4.69) is 10.2 Å². The Morgan fingerprint density at radius 3 is 2.81 bits per heavy atom. The standard InChI is InChI=1S/C24H26N4O3S/c1-15-4-3-5-20(16(15)2)28-14-17(12-22(28)29)23(30)25-18-6-7-19-21(13-18)32-24(26-19)27-8-10-31-11-9-27/h3-7,13,17H,8-12,14H2,1-2H3,(H,25,30)/t17-/m1/s1. The number of morpholine rings is 1. The predicted octanol–water partition coefficient (Wildman–Crippen LogP) is 3.74. The molecule has 0 saturated carbocycles. The maximum Gasteiger partial charge on any atom is 0.229 e. The van der Waals surface area contributed by atoms with Crippen LogP contribution in [0.5, 0.6) is 0 Å². The quantitative estimate of drug-likeness (QED) is 0.655. The van der Waals surface area contributed by atoms with Crippen molar-refractivity contribution >= 4 is 49.9 Å². The van der Waals surface area contributed by atoms with Gasteiger partial charge in [-0.15, -0.1) is 0 Å². The molecule has 0 bridgehead atoms. The molecule has 0 unspecified atom stereocenters. The molecule has 3 heterocycles. The lowest BCUT2D eigenvalue weighted by atomic mass is 10.1. The van der Waals surface area contributed by atoms with E-state index in [9.17, 15) is 9.59 Å². The van der Waals surface area contributed by atoms with Gasteiger partial charge in [0.25, 0.3) is 0 Å². The summed E-state index contributed by atoms with van der Waals surface area (Å²) in [7, 11) is 0. The molecule has 2 aliphatic rings. The predicted molar refractivity (Wildman–Crippen MR) is 128 cm³/mol. The maximum atomic E-state index is 13.0. The minimum absolute atomic E-state index is 0.00749. The lowest BCUT2D eigenvalue weighted by Crippen LogP contribution is -2.36. The van der Waals surface area contributed by atoms with Crippen molar-refractivity contribution in [3.05, 3.63) is 47.5 Å². The normalized spacial score (nSPS) is 19.1. The van der Waals surface area contributed by atoms with Gasteiger partial charge in [-0.3, -0.25) is 9.59 Å². The summed E-state index contributed by atoms with van der Waals surface area (Å²) in [6.45, 7) is 7.57. The van der Waals surface area contributed by atoms with Crippen molar-refractivity contribution < 1.29 is 14.3 Å². The van der Waals surface area contributed by atoms with Gasteiger partial charge in [0.15, 0.2) is 5.13 Å². The van der Waals surface area contributed by atoms with E-state index < -0.39 is 0 Å². The first-order chi connectivity index (χ1) is 15.5. The molecule has 0 spiro atoms. The third-order valence-corrected chi connectivity index (χ3v) is 7.37. The topological polar surface area (TPSA) is 74.8 Å². The number of nitrogens with zero attached hydrogens (tertiary/aromatic N) is 3. The average molecular weight is 451 g/mol. The second-order valence-electron chi connectivity index (χ2n) is 8.39. The number of anilines is 3. The first-order valence-electron chi connectivity index (χ1n) is 10.9. The van der Waals surface area contributed by atoms with Crippen LogP contribution in [0.1, 0.15) is 17.5 Å². The molecule has 3 aromatic rings. The Kier molecular flexibility index (Phi) is 5.57. The van der Waals surface area contributed by atoms with Crippen molar-refractivity contribution in [2.24, 2.45) is 5.92 Å². The van der Waals surface area contributed by atoms with E-state index in [0.717, 1.165) is 64.2 Å². The number of carbonyl (C=O) groups is 2. The number of ether oxygens (including phenoxy) is 1. The van der Waals surface area contributed by atoms with E-state index in [1.165, 1.54) is 0 Å². The van der Waals surface area contributed by atoms with Crippen LogP contribution < -0.4 is 15.1 Å². The van der Waals surface area contributed by atoms with Gasteiger partial charge in [0.2, 0.25) is 11.8 Å². The minimum Gasteiger partial charge on any atom is -0.378 e. The molecular weight excluding hydrogens is 424 g/mol. The van der Waals surface area contributed by atoms with Gasteiger partial charge in [0.1, 0.15) is 0 Å². The summed E-state index contributed by atoms with van der Waals surface area (Å²) in [5, 5.41) is 3.99. The number of nitrogens with one attached hydrogen (secondary N) is 1. The number of aromatic nitrogens is 1. The first kappa shape index (κ1) is 20.9. The molecule has 5 rings (SSSR count). The zero-order valence-electron chi connectivity index (χ0n) is 18.3. The third kappa shape index (κ3) is 3.96.